The van der Waals surface area contributed by atoms with Crippen LogP contribution in [0.2, 0.25) is 0 Å². The van der Waals surface area contributed by atoms with Crippen molar-refractivity contribution in [2.75, 3.05) is 18.4 Å². The smallest absolute Gasteiger partial charge is 0.265 e. The third-order valence-corrected chi connectivity index (χ3v) is 6.76. The van der Waals surface area contributed by atoms with Crippen LogP contribution in [-0.4, -0.2) is 37.8 Å². The normalized spacial score (nSPS) is 15.9. The molecule has 0 spiro atoms. The number of hydrogen-bond donors (Lipinski definition) is 1. The van der Waals surface area contributed by atoms with Gasteiger partial charge in [-0.3, -0.25) is 4.79 Å². The molecule has 1 amide bonds. The molecule has 2 aromatic rings. The Bertz CT molecular complexity index is 920. The second-order valence-electron chi connectivity index (χ2n) is 6.91. The van der Waals surface area contributed by atoms with Crippen molar-refractivity contribution in [3.05, 3.63) is 54.1 Å². The fourth-order valence-corrected chi connectivity index (χ4v) is 4.69. The number of aryl methyl sites for hydroxylation is 1. The first kappa shape index (κ1) is 20.4. The lowest BCUT2D eigenvalue weighted by Gasteiger charge is -2.19. The van der Waals surface area contributed by atoms with E-state index >= 15 is 0 Å². The van der Waals surface area contributed by atoms with Gasteiger partial charge in [0.25, 0.3) is 5.91 Å². The van der Waals surface area contributed by atoms with Gasteiger partial charge < -0.3 is 10.1 Å². The van der Waals surface area contributed by atoms with Gasteiger partial charge in [0.15, 0.2) is 6.10 Å². The van der Waals surface area contributed by atoms with Gasteiger partial charge in [-0.1, -0.05) is 25.1 Å². The van der Waals surface area contributed by atoms with Crippen molar-refractivity contribution in [2.45, 2.75) is 44.1 Å². The number of nitrogens with one attached hydrogen (secondary N) is 1. The van der Waals surface area contributed by atoms with E-state index in [4.69, 9.17) is 4.74 Å². The van der Waals surface area contributed by atoms with Gasteiger partial charge in [-0.15, -0.1) is 0 Å². The molecule has 0 radical (unpaired) electrons. The van der Waals surface area contributed by atoms with E-state index in [2.05, 4.69) is 5.32 Å². The molecule has 1 aliphatic rings. The van der Waals surface area contributed by atoms with Gasteiger partial charge in [0, 0.05) is 18.8 Å². The lowest BCUT2D eigenvalue weighted by molar-refractivity contribution is -0.122. The van der Waals surface area contributed by atoms with E-state index in [1.807, 2.05) is 38.1 Å². The van der Waals surface area contributed by atoms with Crippen molar-refractivity contribution in [1.82, 2.24) is 4.31 Å². The highest BCUT2D eigenvalue weighted by molar-refractivity contribution is 7.89. The van der Waals surface area contributed by atoms with Crippen molar-refractivity contribution < 1.29 is 17.9 Å². The van der Waals surface area contributed by atoms with E-state index in [1.54, 1.807) is 12.1 Å². The van der Waals surface area contributed by atoms with Gasteiger partial charge >= 0.3 is 0 Å². The Balaban J connectivity index is 1.67. The Labute approximate surface area is 166 Å². The quantitative estimate of drug-likeness (QED) is 0.768. The van der Waals surface area contributed by atoms with Crippen molar-refractivity contribution in [3.8, 4) is 5.75 Å². The first-order valence-corrected chi connectivity index (χ1v) is 11.0. The second kappa shape index (κ2) is 8.75. The van der Waals surface area contributed by atoms with Crippen LogP contribution in [0, 0.1) is 6.92 Å². The van der Waals surface area contributed by atoms with Crippen molar-refractivity contribution >= 4 is 21.6 Å². The zero-order valence-electron chi connectivity index (χ0n) is 16.2. The van der Waals surface area contributed by atoms with Crippen LogP contribution in [0.25, 0.3) is 0 Å². The Morgan fingerprint density at radius 3 is 2.36 bits per heavy atom. The highest BCUT2D eigenvalue weighted by atomic mass is 32.2. The standard InChI is InChI=1S/C21H26N2O4S/c1-3-19(27-20-9-5-4-8-16(20)2)21(24)22-17-10-12-18(13-11-17)28(25,26)23-14-6-7-15-23/h4-5,8-13,19H,3,6-7,14-15H2,1-2H3,(H,22,24). The minimum atomic E-state index is -3.45. The summed E-state index contributed by atoms with van der Waals surface area (Å²) in [7, 11) is -3.45. The number of sulfonamides is 1. The lowest BCUT2D eigenvalue weighted by atomic mass is 10.2. The van der Waals surface area contributed by atoms with Gasteiger partial charge in [-0.25, -0.2) is 8.42 Å². The number of rotatable bonds is 7. The summed E-state index contributed by atoms with van der Waals surface area (Å²) >= 11 is 0. The monoisotopic (exact) mass is 402 g/mol. The third-order valence-electron chi connectivity index (χ3n) is 4.85. The van der Waals surface area contributed by atoms with Crippen LogP contribution in [0.5, 0.6) is 5.75 Å². The van der Waals surface area contributed by atoms with E-state index in [0.29, 0.717) is 30.9 Å². The topological polar surface area (TPSA) is 75.7 Å². The number of ether oxygens (including phenoxy) is 1. The molecule has 1 unspecified atom stereocenters. The fourth-order valence-electron chi connectivity index (χ4n) is 3.17. The fraction of sp³-hybridized carbons (Fsp3) is 0.381. The van der Waals surface area contributed by atoms with Gasteiger partial charge in [0.2, 0.25) is 10.0 Å². The maximum atomic E-state index is 12.6. The van der Waals surface area contributed by atoms with E-state index in [0.717, 1.165) is 18.4 Å². The Hall–Kier alpha value is -2.38. The largest absolute Gasteiger partial charge is 0.480 e. The first-order valence-electron chi connectivity index (χ1n) is 9.55. The summed E-state index contributed by atoms with van der Waals surface area (Å²) in [5.74, 6) is 0.414. The molecule has 1 atom stereocenters. The van der Waals surface area contributed by atoms with E-state index in [-0.39, 0.29) is 10.8 Å². The van der Waals surface area contributed by atoms with Gasteiger partial charge in [0.1, 0.15) is 5.75 Å². The number of hydrogen-bond acceptors (Lipinski definition) is 4. The Morgan fingerprint density at radius 1 is 1.11 bits per heavy atom. The molecule has 6 nitrogen and oxygen atoms in total. The zero-order valence-corrected chi connectivity index (χ0v) is 17.0. The molecule has 150 valence electrons. The summed E-state index contributed by atoms with van der Waals surface area (Å²) in [6.45, 7) is 4.94. The molecule has 1 aliphatic heterocycles. The third kappa shape index (κ3) is 4.54. The lowest BCUT2D eigenvalue weighted by Crippen LogP contribution is -2.32. The van der Waals surface area contributed by atoms with Crippen LogP contribution >= 0.6 is 0 Å². The van der Waals surface area contributed by atoms with Crippen LogP contribution < -0.4 is 10.1 Å². The molecule has 0 aromatic heterocycles. The van der Waals surface area contributed by atoms with Crippen LogP contribution in [-0.2, 0) is 14.8 Å². The number of carbonyl (C=O) groups is 1. The summed E-state index contributed by atoms with van der Waals surface area (Å²) in [4.78, 5) is 12.8. The molecular weight excluding hydrogens is 376 g/mol. The average Bonchev–Trinajstić information content (AvgIpc) is 3.23. The summed E-state index contributed by atoms with van der Waals surface area (Å²) in [5.41, 5.74) is 1.50. The molecule has 0 saturated carbocycles. The summed E-state index contributed by atoms with van der Waals surface area (Å²) in [6.07, 6.45) is 1.68. The molecule has 3 rings (SSSR count). The minimum Gasteiger partial charge on any atom is -0.480 e. The van der Waals surface area contributed by atoms with Gasteiger partial charge in [0.05, 0.1) is 4.90 Å². The number of para-hydroxylation sites is 1. The molecule has 1 N–H and O–H groups in total. The molecule has 0 bridgehead atoms. The van der Waals surface area contributed by atoms with Crippen molar-refractivity contribution in [2.24, 2.45) is 0 Å². The Kier molecular flexibility index (Phi) is 6.36. The number of benzene rings is 2. The molecule has 28 heavy (non-hydrogen) atoms. The van der Waals surface area contributed by atoms with Crippen LogP contribution in [0.15, 0.2) is 53.4 Å². The average molecular weight is 403 g/mol. The van der Waals surface area contributed by atoms with E-state index in [1.165, 1.54) is 16.4 Å². The molecule has 2 aromatic carbocycles. The predicted molar refractivity (Wildman–Crippen MR) is 109 cm³/mol. The summed E-state index contributed by atoms with van der Waals surface area (Å²) in [6, 6.07) is 13.8. The number of amides is 1. The number of nitrogens with zero attached hydrogens (tertiary/aromatic N) is 1. The SMILES string of the molecule is CCC(Oc1ccccc1C)C(=O)Nc1ccc(S(=O)(=O)N2CCCC2)cc1. The molecule has 7 heteroatoms. The molecule has 0 aliphatic carbocycles. The van der Waals surface area contributed by atoms with Crippen LogP contribution in [0.3, 0.4) is 0 Å². The predicted octanol–water partition coefficient (Wildman–Crippen LogP) is 3.58. The summed E-state index contributed by atoms with van der Waals surface area (Å²) in [5, 5.41) is 2.81. The molecular formula is C21H26N2O4S. The summed E-state index contributed by atoms with van der Waals surface area (Å²) < 4.78 is 32.5. The molecule has 1 fully saturated rings. The van der Waals surface area contributed by atoms with E-state index in [9.17, 15) is 13.2 Å². The highest BCUT2D eigenvalue weighted by Gasteiger charge is 2.27. The maximum absolute atomic E-state index is 12.6. The van der Waals surface area contributed by atoms with Crippen LogP contribution in [0.4, 0.5) is 5.69 Å². The molecule has 1 saturated heterocycles. The van der Waals surface area contributed by atoms with Crippen LogP contribution in [0.1, 0.15) is 31.7 Å². The number of carbonyl (C=O) groups excluding carboxylic acids is 1. The maximum Gasteiger partial charge on any atom is 0.265 e. The highest BCUT2D eigenvalue weighted by Crippen LogP contribution is 2.23. The zero-order chi connectivity index (χ0) is 20.1. The first-order chi connectivity index (χ1) is 13.4. The van der Waals surface area contributed by atoms with Gasteiger partial charge in [-0.05, 0) is 62.1 Å². The van der Waals surface area contributed by atoms with Crippen molar-refractivity contribution in [3.63, 3.8) is 0 Å². The Morgan fingerprint density at radius 2 is 1.75 bits per heavy atom. The van der Waals surface area contributed by atoms with Gasteiger partial charge in [-0.2, -0.15) is 4.31 Å². The number of anilines is 1. The van der Waals surface area contributed by atoms with E-state index < -0.39 is 16.1 Å². The molecule has 1 heterocycles. The minimum absolute atomic E-state index is 0.246. The van der Waals surface area contributed by atoms with Crippen molar-refractivity contribution in [1.29, 1.82) is 0 Å². The second-order valence-corrected chi connectivity index (χ2v) is 8.84.